The fraction of sp³-hybridized carbons (Fsp3) is 0.242. The Hall–Kier alpha value is -4.65. The van der Waals surface area contributed by atoms with Gasteiger partial charge in [-0.05, 0) is 54.5 Å². The highest BCUT2D eigenvalue weighted by Crippen LogP contribution is 2.28. The molecule has 7 heteroatoms. The van der Waals surface area contributed by atoms with E-state index in [-0.39, 0.29) is 18.7 Å². The van der Waals surface area contributed by atoms with Crippen molar-refractivity contribution >= 4 is 40.8 Å². The molecule has 0 saturated carbocycles. The van der Waals surface area contributed by atoms with E-state index >= 15 is 0 Å². The summed E-state index contributed by atoms with van der Waals surface area (Å²) in [5.74, 6) is -0.863. The number of aryl methyl sites for hydroxylation is 1. The number of carboxylic acid groups (broad SMARTS) is 2. The lowest BCUT2D eigenvalue weighted by Gasteiger charge is -2.06. The highest BCUT2D eigenvalue weighted by Gasteiger charge is 2.14. The maximum absolute atomic E-state index is 12.6. The fourth-order valence-electron chi connectivity index (χ4n) is 4.70. The van der Waals surface area contributed by atoms with Gasteiger partial charge < -0.3 is 19.5 Å². The van der Waals surface area contributed by atoms with E-state index < -0.39 is 11.9 Å². The number of carbonyl (C=O) groups excluding carboxylic acids is 1. The number of fused-ring (bicyclic) bond motifs is 1. The van der Waals surface area contributed by atoms with Crippen LogP contribution >= 0.6 is 0 Å². The third kappa shape index (κ3) is 7.93. The van der Waals surface area contributed by atoms with E-state index in [4.69, 9.17) is 9.84 Å². The Morgan fingerprint density at radius 2 is 1.55 bits per heavy atom. The average molecular weight is 540 g/mol. The van der Waals surface area contributed by atoms with Crippen LogP contribution in [0.2, 0.25) is 0 Å². The zero-order valence-corrected chi connectivity index (χ0v) is 22.3. The van der Waals surface area contributed by atoms with Gasteiger partial charge in [0.25, 0.3) is 0 Å². The summed E-state index contributed by atoms with van der Waals surface area (Å²) >= 11 is 0. The number of ketones is 1. The van der Waals surface area contributed by atoms with Gasteiger partial charge in [0.2, 0.25) is 0 Å². The number of ether oxygens (including phenoxy) is 1. The average Bonchev–Trinajstić information content (AvgIpc) is 3.29. The van der Waals surface area contributed by atoms with Gasteiger partial charge in [0, 0.05) is 30.0 Å². The molecule has 4 aromatic rings. The van der Waals surface area contributed by atoms with Crippen LogP contribution in [0.5, 0.6) is 5.75 Å². The van der Waals surface area contributed by atoms with Crippen LogP contribution in [-0.4, -0.2) is 39.1 Å². The molecule has 0 aliphatic carbocycles. The van der Waals surface area contributed by atoms with E-state index in [0.29, 0.717) is 31.4 Å². The number of benzene rings is 3. The van der Waals surface area contributed by atoms with Crippen molar-refractivity contribution in [3.8, 4) is 5.75 Å². The first-order chi connectivity index (χ1) is 19.4. The van der Waals surface area contributed by atoms with Crippen molar-refractivity contribution in [3.63, 3.8) is 0 Å². The quantitative estimate of drug-likeness (QED) is 0.0985. The summed E-state index contributed by atoms with van der Waals surface area (Å²) in [5.41, 5.74) is 4.19. The Morgan fingerprint density at radius 3 is 2.27 bits per heavy atom. The number of unbranched alkanes of at least 4 members (excludes halogenated alkanes) is 1. The Bertz CT molecular complexity index is 1480. The summed E-state index contributed by atoms with van der Waals surface area (Å²) < 4.78 is 7.39. The number of para-hydroxylation sites is 2. The number of aromatic nitrogens is 1. The third-order valence-corrected chi connectivity index (χ3v) is 6.65. The molecule has 0 atom stereocenters. The molecule has 0 saturated heterocycles. The van der Waals surface area contributed by atoms with Crippen LogP contribution in [0.15, 0.2) is 79.0 Å². The summed E-state index contributed by atoms with van der Waals surface area (Å²) in [5, 5.41) is 19.3. The molecule has 0 amide bonds. The minimum absolute atomic E-state index is 0.0619. The second-order valence-electron chi connectivity index (χ2n) is 9.66. The van der Waals surface area contributed by atoms with Crippen molar-refractivity contribution in [2.75, 3.05) is 6.61 Å². The first kappa shape index (κ1) is 28.4. The summed E-state index contributed by atoms with van der Waals surface area (Å²) in [6.07, 6.45) is 8.80. The molecule has 0 unspecified atom stereocenters. The summed E-state index contributed by atoms with van der Waals surface area (Å²) in [6.45, 7) is 0.392. The standard InChI is InChI=1S/C33H33NO6/c35-30(13-4-5-21-40-28-10-2-1-3-11-28)25-18-15-24(16-19-25)17-20-26-8-6-12-29-27(9-7-14-31(36)37)22-34(33(26)29)23-32(38)39/h1-3,6,8,10-12,15-20,22H,4-5,7,9,13-14,21,23H2,(H,36,37)(H,38,39). The van der Waals surface area contributed by atoms with Crippen LogP contribution in [0.1, 0.15) is 59.2 Å². The third-order valence-electron chi connectivity index (χ3n) is 6.65. The van der Waals surface area contributed by atoms with Crippen molar-refractivity contribution < 1.29 is 29.3 Å². The number of rotatable bonds is 15. The molecular weight excluding hydrogens is 506 g/mol. The van der Waals surface area contributed by atoms with Gasteiger partial charge in [-0.1, -0.05) is 72.8 Å². The number of carbonyl (C=O) groups is 3. The Kier molecular flexibility index (Phi) is 9.88. The summed E-state index contributed by atoms with van der Waals surface area (Å²) in [7, 11) is 0. The Labute approximate surface area is 233 Å². The van der Waals surface area contributed by atoms with Crippen LogP contribution in [0.3, 0.4) is 0 Å². The SMILES string of the molecule is O=C(O)CCCc1cn(CC(=O)O)c2c(C=Cc3ccc(C(=O)CCCCOc4ccccc4)cc3)cccc12. The molecular formula is C33H33NO6. The molecule has 3 aromatic carbocycles. The first-order valence-corrected chi connectivity index (χ1v) is 13.4. The van der Waals surface area contributed by atoms with Gasteiger partial charge in [0.05, 0.1) is 12.1 Å². The normalized spacial score (nSPS) is 11.2. The van der Waals surface area contributed by atoms with Crippen molar-refractivity contribution in [2.45, 2.75) is 45.1 Å². The van der Waals surface area contributed by atoms with Crippen LogP contribution in [-0.2, 0) is 22.6 Å². The zero-order chi connectivity index (χ0) is 28.3. The fourth-order valence-corrected chi connectivity index (χ4v) is 4.70. The molecule has 0 aliphatic rings. The van der Waals surface area contributed by atoms with Crippen LogP contribution < -0.4 is 4.74 Å². The molecule has 206 valence electrons. The van der Waals surface area contributed by atoms with Gasteiger partial charge in [-0.2, -0.15) is 0 Å². The predicted molar refractivity (Wildman–Crippen MR) is 156 cm³/mol. The molecule has 0 bridgehead atoms. The molecule has 0 radical (unpaired) electrons. The van der Waals surface area contributed by atoms with Crippen molar-refractivity contribution in [1.29, 1.82) is 0 Å². The van der Waals surface area contributed by atoms with Gasteiger partial charge in [-0.15, -0.1) is 0 Å². The van der Waals surface area contributed by atoms with Crippen LogP contribution in [0.25, 0.3) is 23.1 Å². The highest BCUT2D eigenvalue weighted by atomic mass is 16.5. The second-order valence-corrected chi connectivity index (χ2v) is 9.66. The van der Waals surface area contributed by atoms with E-state index in [2.05, 4.69) is 0 Å². The lowest BCUT2D eigenvalue weighted by Crippen LogP contribution is -2.07. The van der Waals surface area contributed by atoms with Gasteiger partial charge in [-0.25, -0.2) is 0 Å². The molecule has 4 rings (SSSR count). The van der Waals surface area contributed by atoms with Crippen molar-refractivity contribution in [1.82, 2.24) is 4.57 Å². The number of nitrogens with zero attached hydrogens (tertiary/aromatic N) is 1. The van der Waals surface area contributed by atoms with E-state index in [1.165, 1.54) is 0 Å². The molecule has 0 spiro atoms. The predicted octanol–water partition coefficient (Wildman–Crippen LogP) is 6.74. The minimum atomic E-state index is -0.947. The highest BCUT2D eigenvalue weighted by molar-refractivity contribution is 5.97. The molecule has 2 N–H and O–H groups in total. The molecule has 40 heavy (non-hydrogen) atoms. The summed E-state index contributed by atoms with van der Waals surface area (Å²) in [4.78, 5) is 35.1. The van der Waals surface area contributed by atoms with E-state index in [9.17, 15) is 19.5 Å². The number of aliphatic carboxylic acids is 2. The molecule has 7 nitrogen and oxygen atoms in total. The number of hydrogen-bond donors (Lipinski definition) is 2. The maximum Gasteiger partial charge on any atom is 0.323 e. The molecule has 1 aromatic heterocycles. The number of carboxylic acids is 2. The van der Waals surface area contributed by atoms with Gasteiger partial charge in [0.1, 0.15) is 12.3 Å². The lowest BCUT2D eigenvalue weighted by molar-refractivity contribution is -0.138. The van der Waals surface area contributed by atoms with Gasteiger partial charge >= 0.3 is 11.9 Å². The monoisotopic (exact) mass is 539 g/mol. The van der Waals surface area contributed by atoms with Crippen LogP contribution in [0.4, 0.5) is 0 Å². The smallest absolute Gasteiger partial charge is 0.323 e. The van der Waals surface area contributed by atoms with E-state index in [1.54, 1.807) is 4.57 Å². The molecule has 1 heterocycles. The van der Waals surface area contributed by atoms with Crippen molar-refractivity contribution in [3.05, 3.63) is 101 Å². The lowest BCUT2D eigenvalue weighted by atomic mass is 10.0. The maximum atomic E-state index is 12.6. The second kappa shape index (κ2) is 13.9. The van der Waals surface area contributed by atoms with Crippen molar-refractivity contribution in [2.24, 2.45) is 0 Å². The zero-order valence-electron chi connectivity index (χ0n) is 22.3. The van der Waals surface area contributed by atoms with Gasteiger partial charge in [0.15, 0.2) is 5.78 Å². The number of Topliss-reactive ketones (excluding diaryl/α,β-unsaturated/α-hetero) is 1. The van der Waals surface area contributed by atoms with E-state index in [1.807, 2.05) is 91.1 Å². The Morgan fingerprint density at radius 1 is 0.775 bits per heavy atom. The van der Waals surface area contributed by atoms with E-state index in [0.717, 1.165) is 46.2 Å². The minimum Gasteiger partial charge on any atom is -0.494 e. The summed E-state index contributed by atoms with van der Waals surface area (Å²) in [6, 6.07) is 22.9. The molecule has 0 fully saturated rings. The van der Waals surface area contributed by atoms with Crippen LogP contribution in [0, 0.1) is 0 Å². The Balaban J connectivity index is 1.39. The molecule has 0 aliphatic heterocycles. The number of hydrogen-bond acceptors (Lipinski definition) is 4. The topological polar surface area (TPSA) is 106 Å². The van der Waals surface area contributed by atoms with Gasteiger partial charge in [-0.3, -0.25) is 14.4 Å². The first-order valence-electron chi connectivity index (χ1n) is 13.4. The largest absolute Gasteiger partial charge is 0.494 e.